The monoisotopic (exact) mass is 632 g/mol. The molecule has 0 unspecified atom stereocenters. The number of carbonyl (C=O) groups excluding carboxylic acids is 4. The van der Waals surface area contributed by atoms with E-state index in [1.165, 1.54) is 11.8 Å². The number of carbonyl (C=O) groups is 5. The van der Waals surface area contributed by atoms with Crippen molar-refractivity contribution in [3.05, 3.63) is 64.5 Å². The minimum absolute atomic E-state index is 0.118. The Morgan fingerprint density at radius 1 is 1.07 bits per heavy atom. The molecule has 0 aromatic heterocycles. The third-order valence-corrected chi connectivity index (χ3v) is 7.93. The standard InChI is InChI=1S/C33H39F3N2O7/c1-19-14-22(34)28(36)29(27(19)35)45-17-25(40)23(16-26(41)42)37-31(44)33(5)12-8-9-13-38(18-33)30(43)24(39)15-20-10-6-7-11-21(20)32(2,3)4/h6-7,10-11,14,23H,8-9,12-13,15-18H2,1-5H3,(H,37,44)(H,41,42)/t23-,33+/m0/s1. The van der Waals surface area contributed by atoms with Gasteiger partial charge in [-0.05, 0) is 54.9 Å². The lowest BCUT2D eigenvalue weighted by Crippen LogP contribution is -2.53. The Kier molecular flexibility index (Phi) is 11.2. The number of carboxylic acid groups (broad SMARTS) is 1. The summed E-state index contributed by atoms with van der Waals surface area (Å²) >= 11 is 0. The maximum absolute atomic E-state index is 14.3. The molecular formula is C33H39F3N2O7. The molecule has 1 aliphatic rings. The van der Waals surface area contributed by atoms with E-state index < -0.39 is 77.0 Å². The van der Waals surface area contributed by atoms with Crippen LogP contribution in [0.4, 0.5) is 13.2 Å². The largest absolute Gasteiger partial charge is 0.481 e. The number of amides is 2. The van der Waals surface area contributed by atoms with Crippen molar-refractivity contribution in [2.24, 2.45) is 5.41 Å². The van der Waals surface area contributed by atoms with E-state index in [-0.39, 0.29) is 36.9 Å². The normalized spacial score (nSPS) is 17.6. The Balaban J connectivity index is 1.75. The highest BCUT2D eigenvalue weighted by Gasteiger charge is 2.41. The van der Waals surface area contributed by atoms with E-state index in [2.05, 4.69) is 5.32 Å². The van der Waals surface area contributed by atoms with E-state index in [1.54, 1.807) is 19.1 Å². The summed E-state index contributed by atoms with van der Waals surface area (Å²) in [6.45, 7) is 7.74. The third-order valence-electron chi connectivity index (χ3n) is 7.93. The van der Waals surface area contributed by atoms with Crippen LogP contribution < -0.4 is 10.1 Å². The molecule has 0 aliphatic carbocycles. The van der Waals surface area contributed by atoms with E-state index in [1.807, 2.05) is 32.9 Å². The van der Waals surface area contributed by atoms with Crippen LogP contribution in [-0.2, 0) is 35.8 Å². The fourth-order valence-electron chi connectivity index (χ4n) is 5.41. The van der Waals surface area contributed by atoms with E-state index in [4.69, 9.17) is 4.74 Å². The molecule has 2 aromatic rings. The molecule has 2 amide bonds. The first kappa shape index (κ1) is 35.3. The number of ether oxygens (including phenoxy) is 1. The summed E-state index contributed by atoms with van der Waals surface area (Å²) in [5.41, 5.74) is -0.173. The average molecular weight is 633 g/mol. The number of likely N-dealkylation sites (tertiary alicyclic amines) is 1. The van der Waals surface area contributed by atoms with E-state index >= 15 is 0 Å². The molecule has 1 heterocycles. The van der Waals surface area contributed by atoms with Gasteiger partial charge >= 0.3 is 5.97 Å². The average Bonchev–Trinajstić information content (AvgIpc) is 3.17. The van der Waals surface area contributed by atoms with Crippen LogP contribution in [0.3, 0.4) is 0 Å². The van der Waals surface area contributed by atoms with Gasteiger partial charge in [-0.1, -0.05) is 51.5 Å². The van der Waals surface area contributed by atoms with Gasteiger partial charge in [-0.3, -0.25) is 24.0 Å². The molecule has 45 heavy (non-hydrogen) atoms. The Morgan fingerprint density at radius 3 is 2.38 bits per heavy atom. The maximum atomic E-state index is 14.3. The molecule has 2 aromatic carbocycles. The number of nitrogens with one attached hydrogen (secondary N) is 1. The van der Waals surface area contributed by atoms with Gasteiger partial charge in [0.15, 0.2) is 23.2 Å². The second kappa shape index (κ2) is 14.3. The second-order valence-corrected chi connectivity index (χ2v) is 12.8. The number of hydrogen-bond donors (Lipinski definition) is 2. The Labute approximate surface area is 260 Å². The number of carboxylic acids is 1. The zero-order valence-electron chi connectivity index (χ0n) is 26.1. The summed E-state index contributed by atoms with van der Waals surface area (Å²) in [4.78, 5) is 65.8. The highest BCUT2D eigenvalue weighted by atomic mass is 19.2. The first-order chi connectivity index (χ1) is 20.9. The van der Waals surface area contributed by atoms with Gasteiger partial charge in [0, 0.05) is 19.5 Å². The molecule has 1 saturated heterocycles. The van der Waals surface area contributed by atoms with Gasteiger partial charge in [0.25, 0.3) is 5.91 Å². The van der Waals surface area contributed by atoms with Gasteiger partial charge in [-0.15, -0.1) is 0 Å². The van der Waals surface area contributed by atoms with E-state index in [0.29, 0.717) is 18.9 Å². The molecule has 2 atom stereocenters. The Bertz CT molecular complexity index is 1460. The molecule has 1 fully saturated rings. The van der Waals surface area contributed by atoms with Crippen LogP contribution in [0, 0.1) is 29.8 Å². The van der Waals surface area contributed by atoms with E-state index in [9.17, 15) is 42.3 Å². The molecule has 0 saturated carbocycles. The van der Waals surface area contributed by atoms with Gasteiger partial charge in [0.1, 0.15) is 12.6 Å². The molecule has 244 valence electrons. The Morgan fingerprint density at radius 2 is 1.73 bits per heavy atom. The van der Waals surface area contributed by atoms with Crippen LogP contribution in [0.2, 0.25) is 0 Å². The van der Waals surface area contributed by atoms with Gasteiger partial charge in [-0.25, -0.2) is 8.78 Å². The number of rotatable bonds is 11. The Hall–Kier alpha value is -4.22. The van der Waals surface area contributed by atoms with Crippen molar-refractivity contribution in [2.45, 2.75) is 78.2 Å². The smallest absolute Gasteiger partial charge is 0.305 e. The first-order valence-corrected chi connectivity index (χ1v) is 14.7. The van der Waals surface area contributed by atoms with Crippen molar-refractivity contribution in [2.75, 3.05) is 19.7 Å². The lowest BCUT2D eigenvalue weighted by atomic mass is 9.82. The number of Topliss-reactive ketones (excluding diaryl/α,β-unsaturated/α-hetero) is 2. The fourth-order valence-corrected chi connectivity index (χ4v) is 5.41. The van der Waals surface area contributed by atoms with Gasteiger partial charge in [0.05, 0.1) is 11.8 Å². The number of aliphatic carboxylic acids is 1. The van der Waals surface area contributed by atoms with Crippen molar-refractivity contribution in [3.63, 3.8) is 0 Å². The minimum atomic E-state index is -1.66. The molecular weight excluding hydrogens is 593 g/mol. The number of hydrogen-bond acceptors (Lipinski definition) is 6. The summed E-state index contributed by atoms with van der Waals surface area (Å²) in [7, 11) is 0. The van der Waals surface area contributed by atoms with Crippen LogP contribution in [0.5, 0.6) is 5.75 Å². The highest BCUT2D eigenvalue weighted by molar-refractivity contribution is 6.36. The van der Waals surface area contributed by atoms with Crippen molar-refractivity contribution in [3.8, 4) is 5.75 Å². The quantitative estimate of drug-likeness (QED) is 0.277. The summed E-state index contributed by atoms with van der Waals surface area (Å²) in [6.07, 6.45) is 0.300. The number of halogens is 3. The first-order valence-electron chi connectivity index (χ1n) is 14.7. The molecule has 0 spiro atoms. The van der Waals surface area contributed by atoms with Crippen LogP contribution in [0.15, 0.2) is 30.3 Å². The molecule has 12 heteroatoms. The predicted molar refractivity (Wildman–Crippen MR) is 158 cm³/mol. The number of benzene rings is 2. The van der Waals surface area contributed by atoms with Gasteiger partial charge in [0.2, 0.25) is 17.5 Å². The minimum Gasteiger partial charge on any atom is -0.481 e. The van der Waals surface area contributed by atoms with Gasteiger partial charge < -0.3 is 20.1 Å². The maximum Gasteiger partial charge on any atom is 0.305 e. The number of ketones is 2. The fraction of sp³-hybridized carbons (Fsp3) is 0.485. The van der Waals surface area contributed by atoms with Crippen molar-refractivity contribution in [1.29, 1.82) is 0 Å². The van der Waals surface area contributed by atoms with Gasteiger partial charge in [-0.2, -0.15) is 4.39 Å². The lowest BCUT2D eigenvalue weighted by molar-refractivity contribution is -0.147. The summed E-state index contributed by atoms with van der Waals surface area (Å²) in [5, 5.41) is 11.8. The number of aryl methyl sites for hydroxylation is 1. The topological polar surface area (TPSA) is 130 Å². The van der Waals surface area contributed by atoms with Crippen LogP contribution >= 0.6 is 0 Å². The molecule has 0 bridgehead atoms. The van der Waals surface area contributed by atoms with Crippen LogP contribution in [-0.4, -0.2) is 65.1 Å². The summed E-state index contributed by atoms with van der Waals surface area (Å²) < 4.78 is 47.1. The highest BCUT2D eigenvalue weighted by Crippen LogP contribution is 2.31. The molecule has 9 nitrogen and oxygen atoms in total. The number of nitrogens with zero attached hydrogens (tertiary/aromatic N) is 1. The summed E-state index contributed by atoms with van der Waals surface area (Å²) in [6, 6.07) is 6.33. The van der Waals surface area contributed by atoms with Crippen LogP contribution in [0.25, 0.3) is 0 Å². The summed E-state index contributed by atoms with van der Waals surface area (Å²) in [5.74, 6) is -10.0. The lowest BCUT2D eigenvalue weighted by Gasteiger charge is -2.33. The SMILES string of the molecule is Cc1cc(F)c(F)c(OCC(=O)[C@H](CC(=O)O)NC(=O)[C@]2(C)CCCCN(C(=O)C(=O)Cc3ccccc3C(C)(C)C)C2)c1F. The second-order valence-electron chi connectivity index (χ2n) is 12.8. The third kappa shape index (κ3) is 8.70. The van der Waals surface area contributed by atoms with Crippen molar-refractivity contribution < 1.29 is 47.0 Å². The van der Waals surface area contributed by atoms with Crippen molar-refractivity contribution in [1.82, 2.24) is 10.2 Å². The molecule has 0 radical (unpaired) electrons. The zero-order valence-corrected chi connectivity index (χ0v) is 26.1. The predicted octanol–water partition coefficient (Wildman–Crippen LogP) is 4.45. The van der Waals surface area contributed by atoms with Crippen LogP contribution in [0.1, 0.15) is 70.1 Å². The molecule has 1 aliphatic heterocycles. The van der Waals surface area contributed by atoms with E-state index in [0.717, 1.165) is 11.1 Å². The zero-order chi connectivity index (χ0) is 33.7. The van der Waals surface area contributed by atoms with Crippen molar-refractivity contribution >= 4 is 29.4 Å². The molecule has 3 rings (SSSR count). The molecule has 2 N–H and O–H groups in total.